The van der Waals surface area contributed by atoms with Crippen molar-refractivity contribution in [3.63, 3.8) is 0 Å². The fourth-order valence-corrected chi connectivity index (χ4v) is 2.62. The molecule has 1 aromatic heterocycles. The van der Waals surface area contributed by atoms with Gasteiger partial charge < -0.3 is 15.0 Å². The van der Waals surface area contributed by atoms with Gasteiger partial charge in [-0.15, -0.1) is 0 Å². The molecule has 1 atom stereocenters. The normalized spacial score (nSPS) is 11.8. The lowest BCUT2D eigenvalue weighted by atomic mass is 10.0. The second kappa shape index (κ2) is 7.21. The molecule has 0 saturated heterocycles. The Bertz CT molecular complexity index is 869. The molecule has 0 radical (unpaired) electrons. The van der Waals surface area contributed by atoms with Gasteiger partial charge >= 0.3 is 0 Å². The van der Waals surface area contributed by atoms with Crippen LogP contribution < -0.4 is 10.1 Å². The molecule has 0 aliphatic heterocycles. The van der Waals surface area contributed by atoms with Gasteiger partial charge in [-0.3, -0.25) is 4.79 Å². The van der Waals surface area contributed by atoms with Gasteiger partial charge in [0, 0.05) is 17.5 Å². The van der Waals surface area contributed by atoms with Crippen molar-refractivity contribution < 1.29 is 9.53 Å². The van der Waals surface area contributed by atoms with Crippen LogP contribution >= 0.6 is 0 Å². The fourth-order valence-electron chi connectivity index (χ4n) is 2.62. The summed E-state index contributed by atoms with van der Waals surface area (Å²) in [4.78, 5) is 20.0. The molecule has 1 heterocycles. The fraction of sp³-hybridized carbons (Fsp3) is 0.200. The minimum Gasteiger partial charge on any atom is -0.497 e. The second-order valence-corrected chi connectivity index (χ2v) is 5.96. The number of ether oxygens (including phenoxy) is 1. The first-order valence-corrected chi connectivity index (χ1v) is 8.13. The van der Waals surface area contributed by atoms with Gasteiger partial charge in [0.2, 0.25) is 0 Å². The van der Waals surface area contributed by atoms with E-state index in [2.05, 4.69) is 15.3 Å². The van der Waals surface area contributed by atoms with Crippen molar-refractivity contribution in [1.82, 2.24) is 15.3 Å². The molecule has 0 spiro atoms. The van der Waals surface area contributed by atoms with E-state index < -0.39 is 0 Å². The van der Waals surface area contributed by atoms with Gasteiger partial charge in [-0.2, -0.15) is 0 Å². The molecule has 5 heteroatoms. The molecule has 0 saturated carbocycles. The van der Waals surface area contributed by atoms with Crippen LogP contribution in [0.15, 0.2) is 54.7 Å². The third-order valence-corrected chi connectivity index (χ3v) is 4.03. The van der Waals surface area contributed by atoms with E-state index in [-0.39, 0.29) is 11.9 Å². The van der Waals surface area contributed by atoms with Crippen molar-refractivity contribution in [2.75, 3.05) is 7.11 Å². The molecule has 2 N–H and O–H groups in total. The van der Waals surface area contributed by atoms with E-state index >= 15 is 0 Å². The molecule has 0 aliphatic rings. The minimum atomic E-state index is -0.189. The number of imidazole rings is 1. The molecule has 0 bridgehead atoms. The number of amides is 1. The number of aromatic amines is 1. The Morgan fingerprint density at radius 2 is 1.92 bits per heavy atom. The standard InChI is InChI=1S/C20H21N3O2/c1-13-12-21-19(22-13)14(2)23-20(24)17-6-4-5-16(11-17)15-7-9-18(25-3)10-8-15/h4-12,14H,1-3H3,(H,21,22)(H,23,24). The van der Waals surface area contributed by atoms with E-state index in [4.69, 9.17) is 4.74 Å². The topological polar surface area (TPSA) is 67.0 Å². The zero-order valence-electron chi connectivity index (χ0n) is 14.5. The highest BCUT2D eigenvalue weighted by molar-refractivity contribution is 5.95. The summed E-state index contributed by atoms with van der Waals surface area (Å²) in [6, 6.07) is 15.1. The Morgan fingerprint density at radius 3 is 2.56 bits per heavy atom. The number of carbonyl (C=O) groups excluding carboxylic acids is 1. The van der Waals surface area contributed by atoms with E-state index in [9.17, 15) is 4.79 Å². The Kier molecular flexibility index (Phi) is 4.84. The molecule has 1 amide bonds. The van der Waals surface area contributed by atoms with Gasteiger partial charge in [-0.05, 0) is 49.2 Å². The first kappa shape index (κ1) is 16.8. The van der Waals surface area contributed by atoms with Gasteiger partial charge in [0.1, 0.15) is 11.6 Å². The predicted octanol–water partition coefficient (Wildman–Crippen LogP) is 3.88. The number of hydrogen-bond acceptors (Lipinski definition) is 3. The average molecular weight is 335 g/mol. The second-order valence-electron chi connectivity index (χ2n) is 5.96. The number of benzene rings is 2. The maximum atomic E-state index is 12.5. The molecule has 128 valence electrons. The lowest BCUT2D eigenvalue weighted by Crippen LogP contribution is -2.27. The van der Waals surface area contributed by atoms with E-state index in [1.165, 1.54) is 0 Å². The minimum absolute atomic E-state index is 0.128. The molecule has 3 rings (SSSR count). The maximum Gasteiger partial charge on any atom is 0.251 e. The predicted molar refractivity (Wildman–Crippen MR) is 97.6 cm³/mol. The first-order chi connectivity index (χ1) is 12.1. The number of aryl methyl sites for hydroxylation is 1. The van der Waals surface area contributed by atoms with Gasteiger partial charge in [0.15, 0.2) is 0 Å². The lowest BCUT2D eigenvalue weighted by molar-refractivity contribution is 0.0938. The molecule has 0 aliphatic carbocycles. The quantitative estimate of drug-likeness (QED) is 0.743. The molecular weight excluding hydrogens is 314 g/mol. The number of H-pyrrole nitrogens is 1. The zero-order chi connectivity index (χ0) is 17.8. The van der Waals surface area contributed by atoms with Crippen LogP contribution in [-0.2, 0) is 0 Å². The molecule has 3 aromatic rings. The molecule has 1 unspecified atom stereocenters. The van der Waals surface area contributed by atoms with Crippen molar-refractivity contribution in [3.8, 4) is 16.9 Å². The molecule has 5 nitrogen and oxygen atoms in total. The molecular formula is C20H21N3O2. The molecule has 0 fully saturated rings. The Hall–Kier alpha value is -3.08. The van der Waals surface area contributed by atoms with Crippen LogP contribution in [0.25, 0.3) is 11.1 Å². The average Bonchev–Trinajstić information content (AvgIpc) is 3.08. The summed E-state index contributed by atoms with van der Waals surface area (Å²) in [5.74, 6) is 1.43. The van der Waals surface area contributed by atoms with E-state index in [0.717, 1.165) is 28.4 Å². The first-order valence-electron chi connectivity index (χ1n) is 8.13. The van der Waals surface area contributed by atoms with Crippen LogP contribution in [0.2, 0.25) is 0 Å². The van der Waals surface area contributed by atoms with Crippen molar-refractivity contribution in [2.45, 2.75) is 19.9 Å². The van der Waals surface area contributed by atoms with Gasteiger partial charge in [-0.25, -0.2) is 4.98 Å². The number of methoxy groups -OCH3 is 1. The van der Waals surface area contributed by atoms with E-state index in [1.807, 2.05) is 62.4 Å². The summed E-state index contributed by atoms with van der Waals surface area (Å²) in [6.07, 6.45) is 1.75. The summed E-state index contributed by atoms with van der Waals surface area (Å²) in [7, 11) is 1.64. The van der Waals surface area contributed by atoms with Crippen LogP contribution in [0.3, 0.4) is 0 Å². The third kappa shape index (κ3) is 3.88. The van der Waals surface area contributed by atoms with Crippen LogP contribution in [0.1, 0.15) is 34.8 Å². The molecule has 2 aromatic carbocycles. The van der Waals surface area contributed by atoms with Crippen molar-refractivity contribution >= 4 is 5.91 Å². The number of hydrogen-bond donors (Lipinski definition) is 2. The third-order valence-electron chi connectivity index (χ3n) is 4.03. The number of carbonyl (C=O) groups is 1. The highest BCUT2D eigenvalue weighted by Crippen LogP contribution is 2.23. The van der Waals surface area contributed by atoms with Crippen molar-refractivity contribution in [2.24, 2.45) is 0 Å². The van der Waals surface area contributed by atoms with Crippen molar-refractivity contribution in [1.29, 1.82) is 0 Å². The van der Waals surface area contributed by atoms with Crippen LogP contribution in [0, 0.1) is 6.92 Å². The summed E-state index contributed by atoms with van der Waals surface area (Å²) in [6.45, 7) is 3.84. The van der Waals surface area contributed by atoms with Crippen LogP contribution in [-0.4, -0.2) is 23.0 Å². The zero-order valence-corrected chi connectivity index (χ0v) is 14.5. The highest BCUT2D eigenvalue weighted by Gasteiger charge is 2.14. The summed E-state index contributed by atoms with van der Waals surface area (Å²) in [5, 5.41) is 2.97. The van der Waals surface area contributed by atoms with Gasteiger partial charge in [-0.1, -0.05) is 24.3 Å². The Balaban J connectivity index is 1.77. The Labute approximate surface area is 147 Å². The number of nitrogens with one attached hydrogen (secondary N) is 2. The van der Waals surface area contributed by atoms with Crippen molar-refractivity contribution in [3.05, 3.63) is 71.8 Å². The summed E-state index contributed by atoms with van der Waals surface area (Å²) >= 11 is 0. The summed E-state index contributed by atoms with van der Waals surface area (Å²) < 4.78 is 5.18. The Morgan fingerprint density at radius 1 is 1.16 bits per heavy atom. The number of aromatic nitrogens is 2. The van der Waals surface area contributed by atoms with E-state index in [0.29, 0.717) is 5.56 Å². The molecule has 25 heavy (non-hydrogen) atoms. The SMILES string of the molecule is COc1ccc(-c2cccc(C(=O)NC(C)c3ncc(C)[nH]3)c2)cc1. The number of rotatable bonds is 5. The van der Waals surface area contributed by atoms with Gasteiger partial charge in [0.25, 0.3) is 5.91 Å². The largest absolute Gasteiger partial charge is 0.497 e. The highest BCUT2D eigenvalue weighted by atomic mass is 16.5. The maximum absolute atomic E-state index is 12.5. The lowest BCUT2D eigenvalue weighted by Gasteiger charge is -2.12. The summed E-state index contributed by atoms with van der Waals surface area (Å²) in [5.41, 5.74) is 3.60. The monoisotopic (exact) mass is 335 g/mol. The smallest absolute Gasteiger partial charge is 0.251 e. The van der Waals surface area contributed by atoms with E-state index in [1.54, 1.807) is 13.3 Å². The number of nitrogens with zero attached hydrogens (tertiary/aromatic N) is 1. The van der Waals surface area contributed by atoms with Gasteiger partial charge in [0.05, 0.1) is 13.2 Å². The van der Waals surface area contributed by atoms with Crippen LogP contribution in [0.4, 0.5) is 0 Å². The van der Waals surface area contributed by atoms with Crippen LogP contribution in [0.5, 0.6) is 5.75 Å².